The van der Waals surface area contributed by atoms with E-state index in [1.807, 2.05) is 6.07 Å². The van der Waals surface area contributed by atoms with Crippen LogP contribution in [0.2, 0.25) is 10.3 Å². The van der Waals surface area contributed by atoms with E-state index in [2.05, 4.69) is 16.2 Å². The summed E-state index contributed by atoms with van der Waals surface area (Å²) in [6, 6.07) is 6.88. The summed E-state index contributed by atoms with van der Waals surface area (Å²) >= 11 is 11.4. The van der Waals surface area contributed by atoms with Crippen molar-refractivity contribution in [2.24, 2.45) is 0 Å². The Morgan fingerprint density at radius 1 is 1.12 bits per heavy atom. The minimum atomic E-state index is -0.319. The third-order valence-electron chi connectivity index (χ3n) is 3.30. The number of aromatic nitrogens is 2. The number of carbonyl (C=O) groups excluding carboxylic acids is 1. The van der Waals surface area contributed by atoms with Gasteiger partial charge in [-0.05, 0) is 24.1 Å². The molecule has 2 aromatic heterocycles. The van der Waals surface area contributed by atoms with E-state index in [1.54, 1.807) is 35.5 Å². The van der Waals surface area contributed by atoms with E-state index in [4.69, 9.17) is 27.9 Å². The van der Waals surface area contributed by atoms with Crippen LogP contribution in [0.4, 0.5) is 0 Å². The number of halogens is 2. The zero-order chi connectivity index (χ0) is 18.1. The molecule has 0 N–H and O–H groups in total. The van der Waals surface area contributed by atoms with Gasteiger partial charge >= 0.3 is 5.97 Å². The van der Waals surface area contributed by atoms with Gasteiger partial charge in [-0.25, -0.2) is 9.97 Å². The van der Waals surface area contributed by atoms with E-state index >= 15 is 0 Å². The van der Waals surface area contributed by atoms with E-state index in [0.29, 0.717) is 29.8 Å². The van der Waals surface area contributed by atoms with Gasteiger partial charge in [0.05, 0.1) is 6.54 Å². The molecule has 0 spiro atoms. The first-order valence-corrected chi connectivity index (χ1v) is 8.33. The summed E-state index contributed by atoms with van der Waals surface area (Å²) in [6.07, 6.45) is 6.04. The van der Waals surface area contributed by atoms with E-state index in [-0.39, 0.29) is 19.0 Å². The number of esters is 1. The summed E-state index contributed by atoms with van der Waals surface area (Å²) in [5.74, 6) is -0.319. The first-order valence-electron chi connectivity index (χ1n) is 7.58. The molecule has 0 unspecified atom stereocenters. The van der Waals surface area contributed by atoms with Crippen LogP contribution >= 0.6 is 23.2 Å². The van der Waals surface area contributed by atoms with Gasteiger partial charge in [-0.3, -0.25) is 4.79 Å². The average molecular weight is 379 g/mol. The molecule has 0 atom stereocenters. The number of rotatable bonds is 8. The third kappa shape index (κ3) is 6.96. The van der Waals surface area contributed by atoms with Gasteiger partial charge in [-0.1, -0.05) is 35.3 Å². The highest BCUT2D eigenvalue weighted by Gasteiger charge is 2.08. The summed E-state index contributed by atoms with van der Waals surface area (Å²) in [5.41, 5.74) is 1.65. The van der Waals surface area contributed by atoms with Gasteiger partial charge in [0.25, 0.3) is 0 Å². The molecule has 0 radical (unpaired) electrons. The molecule has 2 aromatic rings. The van der Waals surface area contributed by atoms with Crippen molar-refractivity contribution in [1.82, 2.24) is 14.9 Å². The summed E-state index contributed by atoms with van der Waals surface area (Å²) < 4.78 is 5.17. The van der Waals surface area contributed by atoms with Gasteiger partial charge in [-0.2, -0.15) is 5.26 Å². The Morgan fingerprint density at radius 2 is 1.76 bits per heavy atom. The molecule has 130 valence electrons. The second-order valence-corrected chi connectivity index (χ2v) is 6.04. The minimum Gasteiger partial charge on any atom is -0.461 e. The number of pyridine rings is 2. The van der Waals surface area contributed by atoms with Gasteiger partial charge in [-0.15, -0.1) is 0 Å². The zero-order valence-electron chi connectivity index (χ0n) is 13.4. The molecule has 2 heterocycles. The van der Waals surface area contributed by atoms with Crippen LogP contribution in [-0.2, 0) is 22.7 Å². The van der Waals surface area contributed by atoms with Crippen LogP contribution in [0.1, 0.15) is 24.0 Å². The molecule has 0 saturated carbocycles. The van der Waals surface area contributed by atoms with Crippen LogP contribution < -0.4 is 0 Å². The molecule has 0 aliphatic heterocycles. The molecule has 0 aliphatic rings. The summed E-state index contributed by atoms with van der Waals surface area (Å²) in [7, 11) is 0. The van der Waals surface area contributed by atoms with Crippen molar-refractivity contribution in [2.45, 2.75) is 26.0 Å². The van der Waals surface area contributed by atoms with Crippen LogP contribution in [0.15, 0.2) is 36.7 Å². The number of ether oxygens (including phenoxy) is 1. The average Bonchev–Trinajstić information content (AvgIpc) is 2.62. The maximum absolute atomic E-state index is 11.8. The fourth-order valence-corrected chi connectivity index (χ4v) is 2.25. The molecule has 0 aromatic carbocycles. The predicted molar refractivity (Wildman–Crippen MR) is 93.5 cm³/mol. The standard InChI is InChI=1S/C17H16Cl2N4O2/c18-15-5-3-13(8-21-15)10-23(12-20)7-1-2-17(24)25-11-14-4-6-16(19)22-9-14/h3-6,8-9H,1-2,7,10-11H2. The smallest absolute Gasteiger partial charge is 0.306 e. The zero-order valence-corrected chi connectivity index (χ0v) is 14.9. The monoisotopic (exact) mass is 378 g/mol. The Bertz CT molecular complexity index is 730. The third-order valence-corrected chi connectivity index (χ3v) is 3.75. The Labute approximate surface area is 156 Å². The largest absolute Gasteiger partial charge is 0.461 e. The van der Waals surface area contributed by atoms with Gasteiger partial charge in [0.2, 0.25) is 0 Å². The molecule has 0 amide bonds. The van der Waals surface area contributed by atoms with Crippen molar-refractivity contribution < 1.29 is 9.53 Å². The van der Waals surface area contributed by atoms with Gasteiger partial charge in [0.1, 0.15) is 16.9 Å². The van der Waals surface area contributed by atoms with Crippen molar-refractivity contribution in [1.29, 1.82) is 5.26 Å². The number of hydrogen-bond acceptors (Lipinski definition) is 6. The lowest BCUT2D eigenvalue weighted by Gasteiger charge is -2.15. The quantitative estimate of drug-likeness (QED) is 0.302. The van der Waals surface area contributed by atoms with Crippen LogP contribution in [0.25, 0.3) is 0 Å². The molecular weight excluding hydrogens is 363 g/mol. The van der Waals surface area contributed by atoms with E-state index in [1.165, 1.54) is 0 Å². The second kappa shape index (κ2) is 9.82. The van der Waals surface area contributed by atoms with Crippen LogP contribution in [0, 0.1) is 11.5 Å². The molecule has 25 heavy (non-hydrogen) atoms. The lowest BCUT2D eigenvalue weighted by atomic mass is 10.2. The van der Waals surface area contributed by atoms with Crippen LogP contribution in [-0.4, -0.2) is 27.4 Å². The molecule has 0 aliphatic carbocycles. The van der Waals surface area contributed by atoms with Crippen molar-refractivity contribution in [3.05, 3.63) is 58.1 Å². The molecule has 2 rings (SSSR count). The first kappa shape index (κ1) is 19.0. The maximum Gasteiger partial charge on any atom is 0.306 e. The second-order valence-electron chi connectivity index (χ2n) is 5.26. The minimum absolute atomic E-state index is 0.154. The highest BCUT2D eigenvalue weighted by Crippen LogP contribution is 2.09. The summed E-state index contributed by atoms with van der Waals surface area (Å²) in [4.78, 5) is 21.2. The SMILES string of the molecule is N#CN(CCCC(=O)OCc1ccc(Cl)nc1)Cc1ccc(Cl)nc1. The van der Waals surface area contributed by atoms with Crippen LogP contribution in [0.3, 0.4) is 0 Å². The van der Waals surface area contributed by atoms with Crippen molar-refractivity contribution in [3.8, 4) is 6.19 Å². The Morgan fingerprint density at radius 3 is 2.32 bits per heavy atom. The molecule has 6 nitrogen and oxygen atoms in total. The Kier molecular flexibility index (Phi) is 7.45. The Balaban J connectivity index is 1.69. The van der Waals surface area contributed by atoms with Gasteiger partial charge in [0, 0.05) is 30.9 Å². The fraction of sp³-hybridized carbons (Fsp3) is 0.294. The fourth-order valence-electron chi connectivity index (χ4n) is 2.03. The van der Waals surface area contributed by atoms with E-state index in [0.717, 1.165) is 11.1 Å². The number of nitriles is 1. The highest BCUT2D eigenvalue weighted by atomic mass is 35.5. The summed E-state index contributed by atoms with van der Waals surface area (Å²) in [5, 5.41) is 9.98. The van der Waals surface area contributed by atoms with Gasteiger partial charge < -0.3 is 9.64 Å². The summed E-state index contributed by atoms with van der Waals surface area (Å²) in [6.45, 7) is 1.03. The van der Waals surface area contributed by atoms with Crippen molar-refractivity contribution in [3.63, 3.8) is 0 Å². The highest BCUT2D eigenvalue weighted by molar-refractivity contribution is 6.29. The Hall–Kier alpha value is -2.36. The van der Waals surface area contributed by atoms with Gasteiger partial charge in [0.15, 0.2) is 6.19 Å². The molecular formula is C17H16Cl2N4O2. The van der Waals surface area contributed by atoms with Crippen molar-refractivity contribution >= 4 is 29.2 Å². The number of carbonyl (C=O) groups is 1. The topological polar surface area (TPSA) is 79.1 Å². The molecule has 0 bridgehead atoms. The van der Waals surface area contributed by atoms with E-state index < -0.39 is 0 Å². The normalized spacial score (nSPS) is 10.1. The van der Waals surface area contributed by atoms with Crippen molar-refractivity contribution in [2.75, 3.05) is 6.54 Å². The molecule has 8 heteroatoms. The predicted octanol–water partition coefficient (Wildman–Crippen LogP) is 3.59. The molecule has 0 fully saturated rings. The number of hydrogen-bond donors (Lipinski definition) is 0. The van der Waals surface area contributed by atoms with Crippen LogP contribution in [0.5, 0.6) is 0 Å². The molecule has 0 saturated heterocycles. The maximum atomic E-state index is 11.8. The number of nitrogens with zero attached hydrogens (tertiary/aromatic N) is 4. The van der Waals surface area contributed by atoms with E-state index in [9.17, 15) is 10.1 Å². The lowest BCUT2D eigenvalue weighted by Crippen LogP contribution is -2.19. The first-order chi connectivity index (χ1) is 12.1. The lowest BCUT2D eigenvalue weighted by molar-refractivity contribution is -0.145.